The molecule has 2 fully saturated rings. The SMILES string of the molecule is C[C@@H](O)[C@H](NC(=O)c1ccc(-c2ccc(NC(=O)CN[C@@H]3C[C@H]4CC[C@@H]3C4)cc2)cc1)C(=O)NO. The second-order valence-corrected chi connectivity index (χ2v) is 9.53. The first-order valence-corrected chi connectivity index (χ1v) is 12.0. The minimum atomic E-state index is -1.28. The Morgan fingerprint density at radius 3 is 2.17 bits per heavy atom. The molecule has 0 aromatic heterocycles. The van der Waals surface area contributed by atoms with E-state index in [1.54, 1.807) is 24.3 Å². The Morgan fingerprint density at radius 1 is 0.971 bits per heavy atom. The third-order valence-corrected chi connectivity index (χ3v) is 7.07. The van der Waals surface area contributed by atoms with E-state index in [4.69, 9.17) is 5.21 Å². The summed E-state index contributed by atoms with van der Waals surface area (Å²) in [6.07, 6.45) is 3.92. The first-order chi connectivity index (χ1) is 16.8. The van der Waals surface area contributed by atoms with Gasteiger partial charge in [0.1, 0.15) is 6.04 Å². The number of benzene rings is 2. The molecule has 6 N–H and O–H groups in total. The van der Waals surface area contributed by atoms with Gasteiger partial charge in [-0.05, 0) is 73.4 Å². The van der Waals surface area contributed by atoms with Gasteiger partial charge in [0.2, 0.25) is 5.91 Å². The Hall–Kier alpha value is -3.27. The number of hydrogen-bond donors (Lipinski definition) is 6. The average molecular weight is 481 g/mol. The minimum Gasteiger partial charge on any atom is -0.391 e. The highest BCUT2D eigenvalue weighted by Crippen LogP contribution is 2.44. The quantitative estimate of drug-likeness (QED) is 0.240. The van der Waals surface area contributed by atoms with Crippen molar-refractivity contribution < 1.29 is 24.7 Å². The number of carbonyl (C=O) groups excluding carboxylic acids is 3. The van der Waals surface area contributed by atoms with Crippen molar-refractivity contribution in [3.8, 4) is 11.1 Å². The second kappa shape index (κ2) is 11.0. The van der Waals surface area contributed by atoms with E-state index >= 15 is 0 Å². The van der Waals surface area contributed by atoms with Crippen molar-refractivity contribution in [3.63, 3.8) is 0 Å². The van der Waals surface area contributed by atoms with Gasteiger partial charge in [-0.25, -0.2) is 5.48 Å². The highest BCUT2D eigenvalue weighted by Gasteiger charge is 2.39. The summed E-state index contributed by atoms with van der Waals surface area (Å²) >= 11 is 0. The van der Waals surface area contributed by atoms with Gasteiger partial charge in [-0.3, -0.25) is 19.6 Å². The monoisotopic (exact) mass is 480 g/mol. The number of aliphatic hydroxyl groups is 1. The van der Waals surface area contributed by atoms with E-state index < -0.39 is 24.0 Å². The predicted molar refractivity (Wildman–Crippen MR) is 131 cm³/mol. The third-order valence-electron chi connectivity index (χ3n) is 7.07. The molecule has 2 aliphatic carbocycles. The lowest BCUT2D eigenvalue weighted by atomic mass is 9.95. The maximum absolute atomic E-state index is 12.4. The molecule has 186 valence electrons. The van der Waals surface area contributed by atoms with Crippen LogP contribution in [0.4, 0.5) is 5.69 Å². The molecular formula is C26H32N4O5. The van der Waals surface area contributed by atoms with Gasteiger partial charge in [0.15, 0.2) is 0 Å². The van der Waals surface area contributed by atoms with Crippen LogP contribution in [0, 0.1) is 11.8 Å². The molecule has 9 nitrogen and oxygen atoms in total. The summed E-state index contributed by atoms with van der Waals surface area (Å²) in [6.45, 7) is 1.65. The average Bonchev–Trinajstić information content (AvgIpc) is 3.49. The lowest BCUT2D eigenvalue weighted by Crippen LogP contribution is -2.51. The largest absolute Gasteiger partial charge is 0.391 e. The van der Waals surface area contributed by atoms with Crippen molar-refractivity contribution >= 4 is 23.4 Å². The number of amides is 3. The molecule has 2 saturated carbocycles. The maximum Gasteiger partial charge on any atom is 0.268 e. The predicted octanol–water partition coefficient (Wildman–Crippen LogP) is 2.05. The topological polar surface area (TPSA) is 140 Å². The normalized spacial score (nSPS) is 22.3. The third kappa shape index (κ3) is 6.05. The van der Waals surface area contributed by atoms with Crippen LogP contribution in [0.15, 0.2) is 48.5 Å². The Balaban J connectivity index is 1.29. The lowest BCUT2D eigenvalue weighted by Gasteiger charge is -2.22. The van der Waals surface area contributed by atoms with E-state index in [0.29, 0.717) is 18.2 Å². The molecule has 2 bridgehead atoms. The fourth-order valence-corrected chi connectivity index (χ4v) is 5.18. The Morgan fingerprint density at radius 2 is 1.63 bits per heavy atom. The zero-order valence-corrected chi connectivity index (χ0v) is 19.7. The van der Waals surface area contributed by atoms with Crippen molar-refractivity contribution in [2.24, 2.45) is 11.8 Å². The van der Waals surface area contributed by atoms with Gasteiger partial charge in [0, 0.05) is 17.3 Å². The van der Waals surface area contributed by atoms with Crippen molar-refractivity contribution in [3.05, 3.63) is 54.1 Å². The van der Waals surface area contributed by atoms with Crippen LogP contribution >= 0.6 is 0 Å². The van der Waals surface area contributed by atoms with E-state index in [-0.39, 0.29) is 5.91 Å². The van der Waals surface area contributed by atoms with Crippen LogP contribution in [0.2, 0.25) is 0 Å². The molecule has 5 atom stereocenters. The minimum absolute atomic E-state index is 0.0544. The Kier molecular flexibility index (Phi) is 7.80. The molecule has 2 aromatic rings. The van der Waals surface area contributed by atoms with Crippen LogP contribution in [0.1, 0.15) is 43.0 Å². The van der Waals surface area contributed by atoms with Gasteiger partial charge in [0.05, 0.1) is 12.6 Å². The molecule has 0 spiro atoms. The molecule has 3 amide bonds. The summed E-state index contributed by atoms with van der Waals surface area (Å²) in [5.74, 6) is 0.0534. The standard InChI is InChI=1S/C26H32N4O5/c1-15(31)24(26(34)30-35)29-25(33)19-6-4-17(5-7-19)18-8-10-21(11-9-18)28-23(32)14-27-22-13-16-2-3-20(22)12-16/h4-11,15-16,20,22,24,27,31,35H,2-3,12-14H2,1H3,(H,28,32)(H,29,33)(H,30,34)/t15-,16+,20-,22-,24+/m1/s1. The number of rotatable bonds is 9. The number of hydrogen-bond acceptors (Lipinski definition) is 6. The molecule has 0 radical (unpaired) electrons. The van der Waals surface area contributed by atoms with Crippen molar-refractivity contribution in [1.29, 1.82) is 0 Å². The van der Waals surface area contributed by atoms with E-state index in [1.807, 2.05) is 24.3 Å². The molecule has 0 heterocycles. The van der Waals surface area contributed by atoms with Crippen LogP contribution in [0.5, 0.6) is 0 Å². The molecule has 0 saturated heterocycles. The maximum atomic E-state index is 12.4. The Labute approximate surface area is 204 Å². The summed E-state index contributed by atoms with van der Waals surface area (Å²) in [7, 11) is 0. The van der Waals surface area contributed by atoms with Crippen LogP contribution in [-0.2, 0) is 9.59 Å². The fourth-order valence-electron chi connectivity index (χ4n) is 5.18. The van der Waals surface area contributed by atoms with Crippen molar-refractivity contribution in [1.82, 2.24) is 16.1 Å². The first kappa shape index (κ1) is 24.8. The van der Waals surface area contributed by atoms with Gasteiger partial charge in [0.25, 0.3) is 11.8 Å². The van der Waals surface area contributed by atoms with E-state index in [2.05, 4.69) is 16.0 Å². The number of anilines is 1. The zero-order chi connectivity index (χ0) is 24.9. The van der Waals surface area contributed by atoms with Gasteiger partial charge in [-0.2, -0.15) is 0 Å². The zero-order valence-electron chi connectivity index (χ0n) is 19.7. The highest BCUT2D eigenvalue weighted by atomic mass is 16.5. The number of nitrogens with one attached hydrogen (secondary N) is 4. The molecule has 2 aromatic carbocycles. The highest BCUT2D eigenvalue weighted by molar-refractivity contribution is 5.98. The van der Waals surface area contributed by atoms with Crippen LogP contribution in [-0.4, -0.2) is 52.8 Å². The summed E-state index contributed by atoms with van der Waals surface area (Å²) in [5.41, 5.74) is 4.24. The number of hydroxylamine groups is 1. The molecule has 4 rings (SSSR count). The molecule has 0 unspecified atom stereocenters. The fraction of sp³-hybridized carbons (Fsp3) is 0.423. The van der Waals surface area contributed by atoms with Crippen molar-refractivity contribution in [2.45, 2.75) is 50.8 Å². The first-order valence-electron chi connectivity index (χ1n) is 12.0. The van der Waals surface area contributed by atoms with Crippen LogP contribution < -0.4 is 21.4 Å². The molecule has 0 aliphatic heterocycles. The number of carbonyl (C=O) groups is 3. The van der Waals surface area contributed by atoms with E-state index in [1.165, 1.54) is 38.1 Å². The molecule has 2 aliphatic rings. The smallest absolute Gasteiger partial charge is 0.268 e. The summed E-state index contributed by atoms with van der Waals surface area (Å²) in [6, 6.07) is 13.4. The number of aliphatic hydroxyl groups excluding tert-OH is 1. The molecule has 35 heavy (non-hydrogen) atoms. The van der Waals surface area contributed by atoms with E-state index in [9.17, 15) is 19.5 Å². The van der Waals surface area contributed by atoms with Crippen LogP contribution in [0.25, 0.3) is 11.1 Å². The van der Waals surface area contributed by atoms with Gasteiger partial charge >= 0.3 is 0 Å². The lowest BCUT2D eigenvalue weighted by molar-refractivity contribution is -0.133. The van der Waals surface area contributed by atoms with E-state index in [0.717, 1.165) is 28.7 Å². The second-order valence-electron chi connectivity index (χ2n) is 9.53. The summed E-state index contributed by atoms with van der Waals surface area (Å²) in [4.78, 5) is 36.4. The summed E-state index contributed by atoms with van der Waals surface area (Å²) in [5, 5.41) is 27.2. The summed E-state index contributed by atoms with van der Waals surface area (Å²) < 4.78 is 0. The molecular weight excluding hydrogens is 448 g/mol. The number of fused-ring (bicyclic) bond motifs is 2. The van der Waals surface area contributed by atoms with Crippen LogP contribution in [0.3, 0.4) is 0 Å². The molecule has 9 heteroatoms. The van der Waals surface area contributed by atoms with Gasteiger partial charge in [-0.15, -0.1) is 0 Å². The van der Waals surface area contributed by atoms with Crippen molar-refractivity contribution in [2.75, 3.05) is 11.9 Å². The Bertz CT molecular complexity index is 1050. The van der Waals surface area contributed by atoms with Gasteiger partial charge < -0.3 is 21.1 Å². The van der Waals surface area contributed by atoms with Gasteiger partial charge in [-0.1, -0.05) is 30.7 Å².